The van der Waals surface area contributed by atoms with Gasteiger partial charge in [-0.05, 0) is 96.6 Å². The Bertz CT molecular complexity index is 1380. The molecule has 2 N–H and O–H groups in total. The molecule has 0 aromatic heterocycles. The van der Waals surface area contributed by atoms with E-state index >= 15 is 0 Å². The largest absolute Gasteiger partial charge is 0.507 e. The summed E-state index contributed by atoms with van der Waals surface area (Å²) in [5.74, 6) is 0.0886. The number of esters is 1. The third kappa shape index (κ3) is 7.05. The van der Waals surface area contributed by atoms with Gasteiger partial charge >= 0.3 is 5.97 Å². The highest BCUT2D eigenvalue weighted by atomic mass is 32.1. The van der Waals surface area contributed by atoms with Crippen molar-refractivity contribution in [2.24, 2.45) is 0 Å². The second-order valence-electron chi connectivity index (χ2n) is 9.58. The van der Waals surface area contributed by atoms with Crippen molar-refractivity contribution in [2.75, 3.05) is 37.8 Å². The summed E-state index contributed by atoms with van der Waals surface area (Å²) in [6.45, 7) is 15.5. The quantitative estimate of drug-likeness (QED) is 0.181. The lowest BCUT2D eigenvalue weighted by Crippen LogP contribution is -2.51. The number of anilines is 1. The zero-order valence-electron chi connectivity index (χ0n) is 25.4. The van der Waals surface area contributed by atoms with Crippen LogP contribution in [-0.4, -0.2) is 59.9 Å². The lowest BCUT2D eigenvalue weighted by atomic mass is 9.92. The minimum absolute atomic E-state index is 0.0540. The van der Waals surface area contributed by atoms with Gasteiger partial charge < -0.3 is 29.5 Å². The summed E-state index contributed by atoms with van der Waals surface area (Å²) in [4.78, 5) is 30.9. The first-order valence-electron chi connectivity index (χ1n) is 14.3. The average Bonchev–Trinajstić information content (AvgIpc) is 2.95. The van der Waals surface area contributed by atoms with Gasteiger partial charge in [0.15, 0.2) is 16.6 Å². The molecule has 9 nitrogen and oxygen atoms in total. The predicted octanol–water partition coefficient (Wildman–Crippen LogP) is 5.73. The molecule has 226 valence electrons. The summed E-state index contributed by atoms with van der Waals surface area (Å²) in [7, 11) is 0. The third-order valence-corrected chi connectivity index (χ3v) is 7.20. The van der Waals surface area contributed by atoms with Crippen molar-refractivity contribution in [3.05, 3.63) is 64.4 Å². The maximum Gasteiger partial charge on any atom is 0.338 e. The number of phenolic OH excluding ortho intramolecular Hbond substituents is 1. The Morgan fingerprint density at radius 3 is 2.26 bits per heavy atom. The molecule has 1 aliphatic rings. The Kier molecular flexibility index (Phi) is 11.4. The fourth-order valence-electron chi connectivity index (χ4n) is 4.90. The Hall–Kier alpha value is -4.05. The number of hydrogen-bond acceptors (Lipinski definition) is 8. The van der Waals surface area contributed by atoms with Crippen LogP contribution in [0.4, 0.5) is 5.69 Å². The van der Waals surface area contributed by atoms with Gasteiger partial charge in [-0.3, -0.25) is 9.69 Å². The van der Waals surface area contributed by atoms with Crippen LogP contribution in [-0.2, 0) is 14.3 Å². The van der Waals surface area contributed by atoms with E-state index in [1.54, 1.807) is 57.2 Å². The molecule has 0 fully saturated rings. The summed E-state index contributed by atoms with van der Waals surface area (Å²) in [6.07, 6.45) is 1.61. The molecule has 0 saturated carbocycles. The average molecular weight is 596 g/mol. The van der Waals surface area contributed by atoms with Gasteiger partial charge in [0, 0.05) is 41.7 Å². The number of thiocarbonyl (C=S) groups is 1. The SMILES string of the molecule is CCOC(=O)C1=C(C)NC(=S)N(C(=O)/C(C)=C/c2ccc(N(CC)CC)cc2O)C1c1ccc(OCC)c(OCC)c1. The fraction of sp³-hybridized carbons (Fsp3) is 0.406. The number of hydrogen-bond donors (Lipinski definition) is 2. The molecule has 10 heteroatoms. The summed E-state index contributed by atoms with van der Waals surface area (Å²) in [6, 6.07) is 9.78. The lowest BCUT2D eigenvalue weighted by molar-refractivity contribution is -0.139. The number of aromatic hydroxyl groups is 1. The van der Waals surface area contributed by atoms with Gasteiger partial charge in [-0.2, -0.15) is 0 Å². The molecule has 0 radical (unpaired) electrons. The number of carbonyl (C=O) groups excluding carboxylic acids is 2. The first-order valence-corrected chi connectivity index (χ1v) is 14.7. The van der Waals surface area contributed by atoms with Gasteiger partial charge in [0.05, 0.1) is 31.4 Å². The van der Waals surface area contributed by atoms with E-state index in [1.165, 1.54) is 4.90 Å². The number of amides is 1. The first kappa shape index (κ1) is 32.5. The van der Waals surface area contributed by atoms with Crippen molar-refractivity contribution in [3.8, 4) is 17.2 Å². The van der Waals surface area contributed by atoms with E-state index < -0.39 is 17.9 Å². The Morgan fingerprint density at radius 2 is 1.67 bits per heavy atom. The highest BCUT2D eigenvalue weighted by Gasteiger charge is 2.41. The van der Waals surface area contributed by atoms with E-state index in [4.69, 9.17) is 26.4 Å². The molecule has 0 spiro atoms. The number of rotatable bonds is 12. The number of nitrogens with zero attached hydrogens (tertiary/aromatic N) is 2. The van der Waals surface area contributed by atoms with Gasteiger partial charge in [-0.15, -0.1) is 0 Å². The minimum Gasteiger partial charge on any atom is -0.507 e. The van der Waals surface area contributed by atoms with Crippen LogP contribution in [0.25, 0.3) is 6.08 Å². The van der Waals surface area contributed by atoms with Gasteiger partial charge in [0.1, 0.15) is 5.75 Å². The smallest absolute Gasteiger partial charge is 0.338 e. The summed E-state index contributed by atoms with van der Waals surface area (Å²) >= 11 is 5.66. The van der Waals surface area contributed by atoms with Crippen molar-refractivity contribution in [3.63, 3.8) is 0 Å². The third-order valence-electron chi connectivity index (χ3n) is 6.90. The minimum atomic E-state index is -0.901. The molecule has 1 aliphatic heterocycles. The maximum absolute atomic E-state index is 14.1. The van der Waals surface area contributed by atoms with Crippen LogP contribution in [0.2, 0.25) is 0 Å². The molecule has 0 bridgehead atoms. The van der Waals surface area contributed by atoms with Crippen molar-refractivity contribution >= 4 is 41.0 Å². The normalized spacial score (nSPS) is 15.3. The molecule has 1 amide bonds. The first-order chi connectivity index (χ1) is 20.1. The van der Waals surface area contributed by atoms with E-state index in [9.17, 15) is 14.7 Å². The molecule has 42 heavy (non-hydrogen) atoms. The van der Waals surface area contributed by atoms with Gasteiger partial charge in [-0.1, -0.05) is 6.07 Å². The van der Waals surface area contributed by atoms with E-state index in [2.05, 4.69) is 10.2 Å². The highest BCUT2D eigenvalue weighted by Crippen LogP contribution is 2.39. The van der Waals surface area contributed by atoms with Crippen LogP contribution < -0.4 is 19.7 Å². The fourth-order valence-corrected chi connectivity index (χ4v) is 5.24. The van der Waals surface area contributed by atoms with Crippen LogP contribution in [0.5, 0.6) is 17.2 Å². The number of benzene rings is 2. The summed E-state index contributed by atoms with van der Waals surface area (Å²) in [5.41, 5.74) is 3.03. The van der Waals surface area contributed by atoms with Gasteiger partial charge in [-0.25, -0.2) is 4.79 Å². The Balaban J connectivity index is 2.13. The zero-order valence-corrected chi connectivity index (χ0v) is 26.3. The molecular formula is C32H41N3O6S. The lowest BCUT2D eigenvalue weighted by Gasteiger charge is -2.38. The van der Waals surface area contributed by atoms with Gasteiger partial charge in [0.25, 0.3) is 5.91 Å². The molecule has 0 saturated heterocycles. The van der Waals surface area contributed by atoms with Crippen LogP contribution in [0.1, 0.15) is 65.6 Å². The summed E-state index contributed by atoms with van der Waals surface area (Å²) < 4.78 is 17.0. The zero-order chi connectivity index (χ0) is 31.0. The number of allylic oxidation sites excluding steroid dienone is 1. The van der Waals surface area contributed by atoms with Crippen molar-refractivity contribution in [1.29, 1.82) is 0 Å². The monoisotopic (exact) mass is 595 g/mol. The predicted molar refractivity (Wildman–Crippen MR) is 169 cm³/mol. The van der Waals surface area contributed by atoms with E-state index in [1.807, 2.05) is 33.8 Å². The van der Waals surface area contributed by atoms with Crippen LogP contribution in [0.15, 0.2) is 53.2 Å². The topological polar surface area (TPSA) is 101 Å². The number of ether oxygens (including phenoxy) is 3. The number of phenols is 1. The van der Waals surface area contributed by atoms with Crippen molar-refractivity contribution in [2.45, 2.75) is 54.5 Å². The molecular weight excluding hydrogens is 554 g/mol. The van der Waals surface area contributed by atoms with Gasteiger partial charge in [0.2, 0.25) is 0 Å². The number of carbonyl (C=O) groups is 2. The molecule has 3 rings (SSSR count). The highest BCUT2D eigenvalue weighted by molar-refractivity contribution is 7.80. The van der Waals surface area contributed by atoms with Crippen LogP contribution in [0.3, 0.4) is 0 Å². The van der Waals surface area contributed by atoms with Crippen molar-refractivity contribution in [1.82, 2.24) is 10.2 Å². The Labute approximate surface area is 253 Å². The Morgan fingerprint density at radius 1 is 1.00 bits per heavy atom. The molecule has 0 aliphatic carbocycles. The summed E-state index contributed by atoms with van der Waals surface area (Å²) in [5, 5.41) is 13.9. The molecule has 1 unspecified atom stereocenters. The standard InChI is InChI=1S/C32H41N3O6S/c1-8-34(9-2)24-15-13-22(25(36)19-24)17-20(6)30(37)35-29(28(31(38)41-12-5)21(7)33-32(35)42)23-14-16-26(39-10-3)27(18-23)40-11-4/h13-19,29,36H,8-12H2,1-7H3,(H,33,42)/b20-17+. The maximum atomic E-state index is 14.1. The van der Waals surface area contributed by atoms with Crippen LogP contribution >= 0.6 is 12.2 Å². The van der Waals surface area contributed by atoms with E-state index in [0.717, 1.165) is 18.8 Å². The van der Waals surface area contributed by atoms with E-state index in [-0.39, 0.29) is 23.0 Å². The van der Waals surface area contributed by atoms with Crippen molar-refractivity contribution < 1.29 is 28.9 Å². The molecule has 2 aromatic rings. The number of nitrogens with one attached hydrogen (secondary N) is 1. The van der Waals surface area contributed by atoms with Crippen LogP contribution in [0, 0.1) is 0 Å². The van der Waals surface area contributed by atoms with E-state index in [0.29, 0.717) is 47.1 Å². The second-order valence-corrected chi connectivity index (χ2v) is 9.97. The molecule has 2 aromatic carbocycles. The molecule has 1 atom stereocenters. The second kappa shape index (κ2) is 14.7. The molecule has 1 heterocycles.